The second kappa shape index (κ2) is 5.83. The van der Waals surface area contributed by atoms with Gasteiger partial charge in [0.25, 0.3) is 0 Å². The van der Waals surface area contributed by atoms with Gasteiger partial charge < -0.3 is 4.40 Å². The molecule has 0 saturated carbocycles. The molecule has 0 N–H and O–H groups in total. The number of imidazole rings is 1. The molecule has 0 fully saturated rings. The Morgan fingerprint density at radius 2 is 1.57 bits per heavy atom. The molecular weight excluding hydrogens is 342 g/mol. The van der Waals surface area contributed by atoms with Crippen molar-refractivity contribution in [3.63, 3.8) is 0 Å². The highest BCUT2D eigenvalue weighted by atomic mass is 15.1. The molecule has 0 saturated heterocycles. The summed E-state index contributed by atoms with van der Waals surface area (Å²) < 4.78 is 4.42. The third-order valence-electron chi connectivity index (χ3n) is 5.34. The van der Waals surface area contributed by atoms with Crippen LogP contribution in [0.3, 0.4) is 0 Å². The van der Waals surface area contributed by atoms with Crippen LogP contribution in [-0.4, -0.2) is 14.0 Å². The molecule has 3 aromatic heterocycles. The zero-order valence-electron chi connectivity index (χ0n) is 15.2. The van der Waals surface area contributed by atoms with Crippen LogP contribution in [0.1, 0.15) is 0 Å². The number of aromatic nitrogens is 3. The Kier molecular flexibility index (Phi) is 3.17. The number of hydrogen-bond acceptors (Lipinski definition) is 1. The van der Waals surface area contributed by atoms with Crippen molar-refractivity contribution in [1.29, 1.82) is 0 Å². The lowest BCUT2D eigenvalue weighted by Crippen LogP contribution is -1.98. The minimum atomic E-state index is 0.963. The monoisotopic (exact) mass is 359 g/mol. The van der Waals surface area contributed by atoms with Crippen LogP contribution in [0.4, 0.5) is 0 Å². The van der Waals surface area contributed by atoms with Crippen LogP contribution in [0.25, 0.3) is 44.4 Å². The van der Waals surface area contributed by atoms with Gasteiger partial charge in [-0.15, -0.1) is 0 Å². The Hall–Kier alpha value is -3.85. The van der Waals surface area contributed by atoms with E-state index in [1.165, 1.54) is 16.3 Å². The maximum absolute atomic E-state index is 5.03. The molecule has 6 aromatic rings. The summed E-state index contributed by atoms with van der Waals surface area (Å²) in [5.41, 5.74) is 5.56. The SMILES string of the molecule is c1ccc(-n2c(-c3cccc4cc5cccn5cc34)nc3ccccc32)cc1. The van der Waals surface area contributed by atoms with E-state index in [1.807, 2.05) is 12.1 Å². The van der Waals surface area contributed by atoms with Gasteiger partial charge in [-0.25, -0.2) is 4.98 Å². The van der Waals surface area contributed by atoms with Gasteiger partial charge in [-0.3, -0.25) is 4.57 Å². The van der Waals surface area contributed by atoms with Crippen molar-refractivity contribution in [3.8, 4) is 17.1 Å². The van der Waals surface area contributed by atoms with E-state index in [0.717, 1.165) is 28.1 Å². The maximum atomic E-state index is 5.03. The molecule has 0 bridgehead atoms. The predicted octanol–water partition coefficient (Wildman–Crippen LogP) is 6.10. The molecule has 0 radical (unpaired) electrons. The molecule has 0 atom stereocenters. The van der Waals surface area contributed by atoms with Crippen molar-refractivity contribution in [2.24, 2.45) is 0 Å². The molecule has 3 heterocycles. The van der Waals surface area contributed by atoms with Crippen LogP contribution >= 0.6 is 0 Å². The Morgan fingerprint density at radius 1 is 0.714 bits per heavy atom. The molecule has 0 aliphatic heterocycles. The fraction of sp³-hybridized carbons (Fsp3) is 0. The second-order valence-corrected chi connectivity index (χ2v) is 7.02. The van der Waals surface area contributed by atoms with Gasteiger partial charge in [-0.2, -0.15) is 0 Å². The summed E-state index contributed by atoms with van der Waals surface area (Å²) in [4.78, 5) is 5.03. The molecule has 132 valence electrons. The Balaban J connectivity index is 1.74. The van der Waals surface area contributed by atoms with E-state index in [1.54, 1.807) is 0 Å². The molecular formula is C25H17N3. The summed E-state index contributed by atoms with van der Waals surface area (Å²) in [6.45, 7) is 0. The van der Waals surface area contributed by atoms with E-state index in [0.29, 0.717) is 0 Å². The van der Waals surface area contributed by atoms with Crippen molar-refractivity contribution in [2.45, 2.75) is 0 Å². The molecule has 28 heavy (non-hydrogen) atoms. The topological polar surface area (TPSA) is 22.2 Å². The van der Waals surface area contributed by atoms with Gasteiger partial charge in [0.15, 0.2) is 0 Å². The first-order valence-electron chi connectivity index (χ1n) is 9.41. The minimum Gasteiger partial charge on any atom is -0.323 e. The zero-order valence-corrected chi connectivity index (χ0v) is 15.2. The standard InChI is InChI=1S/C25H17N3/c1-2-9-19(10-3-1)28-24-14-5-4-13-23(24)26-25(28)21-12-6-8-18-16-20-11-7-15-27(20)17-22(18)21/h1-17H. The van der Waals surface area contributed by atoms with E-state index >= 15 is 0 Å². The number of fused-ring (bicyclic) bond motifs is 3. The molecule has 3 heteroatoms. The lowest BCUT2D eigenvalue weighted by atomic mass is 10.1. The summed E-state index contributed by atoms with van der Waals surface area (Å²) in [5.74, 6) is 0.963. The predicted molar refractivity (Wildman–Crippen MR) is 115 cm³/mol. The quantitative estimate of drug-likeness (QED) is 0.366. The Labute approximate surface area is 162 Å². The van der Waals surface area contributed by atoms with Gasteiger partial charge in [-0.1, -0.05) is 48.5 Å². The summed E-state index contributed by atoms with van der Waals surface area (Å²) in [7, 11) is 0. The highest BCUT2D eigenvalue weighted by Crippen LogP contribution is 2.33. The summed E-state index contributed by atoms with van der Waals surface area (Å²) >= 11 is 0. The first kappa shape index (κ1) is 15.2. The van der Waals surface area contributed by atoms with Gasteiger partial charge in [-0.05, 0) is 47.9 Å². The molecule has 6 rings (SSSR count). The Bertz CT molecular complexity index is 1460. The van der Waals surface area contributed by atoms with E-state index in [4.69, 9.17) is 4.98 Å². The van der Waals surface area contributed by atoms with Crippen molar-refractivity contribution >= 4 is 27.3 Å². The van der Waals surface area contributed by atoms with Gasteiger partial charge in [0.1, 0.15) is 5.82 Å². The van der Waals surface area contributed by atoms with Gasteiger partial charge >= 0.3 is 0 Å². The zero-order chi connectivity index (χ0) is 18.5. The third kappa shape index (κ3) is 2.20. The highest BCUT2D eigenvalue weighted by Gasteiger charge is 2.16. The van der Waals surface area contributed by atoms with Crippen LogP contribution in [0.15, 0.2) is 103 Å². The summed E-state index contributed by atoms with van der Waals surface area (Å²) in [6.07, 6.45) is 4.29. The van der Waals surface area contributed by atoms with E-state index in [2.05, 4.69) is 100 Å². The molecule has 3 nitrogen and oxygen atoms in total. The van der Waals surface area contributed by atoms with E-state index in [-0.39, 0.29) is 0 Å². The summed E-state index contributed by atoms with van der Waals surface area (Å²) in [6, 6.07) is 31.7. The van der Waals surface area contributed by atoms with Crippen molar-refractivity contribution in [2.75, 3.05) is 0 Å². The number of benzene rings is 3. The molecule has 3 aromatic carbocycles. The number of rotatable bonds is 2. The molecule has 0 aliphatic carbocycles. The molecule has 0 aliphatic rings. The normalized spacial score (nSPS) is 11.6. The maximum Gasteiger partial charge on any atom is 0.146 e. The third-order valence-corrected chi connectivity index (χ3v) is 5.34. The minimum absolute atomic E-state index is 0.963. The number of para-hydroxylation sites is 3. The largest absolute Gasteiger partial charge is 0.323 e. The Morgan fingerprint density at radius 3 is 2.50 bits per heavy atom. The first-order valence-corrected chi connectivity index (χ1v) is 9.41. The number of hydrogen-bond donors (Lipinski definition) is 0. The van der Waals surface area contributed by atoms with Gasteiger partial charge in [0.05, 0.1) is 11.0 Å². The second-order valence-electron chi connectivity index (χ2n) is 7.02. The van der Waals surface area contributed by atoms with Crippen LogP contribution in [-0.2, 0) is 0 Å². The van der Waals surface area contributed by atoms with Crippen LogP contribution in [0, 0.1) is 0 Å². The van der Waals surface area contributed by atoms with E-state index in [9.17, 15) is 0 Å². The molecule has 0 amide bonds. The van der Waals surface area contributed by atoms with Crippen LogP contribution in [0.2, 0.25) is 0 Å². The lowest BCUT2D eigenvalue weighted by molar-refractivity contribution is 1.10. The number of nitrogens with zero attached hydrogens (tertiary/aromatic N) is 3. The van der Waals surface area contributed by atoms with E-state index < -0.39 is 0 Å². The first-order chi connectivity index (χ1) is 13.9. The smallest absolute Gasteiger partial charge is 0.146 e. The van der Waals surface area contributed by atoms with Crippen molar-refractivity contribution < 1.29 is 0 Å². The number of pyridine rings is 1. The van der Waals surface area contributed by atoms with Crippen molar-refractivity contribution in [3.05, 3.63) is 103 Å². The average molecular weight is 359 g/mol. The summed E-state index contributed by atoms with van der Waals surface area (Å²) in [5, 5.41) is 2.41. The molecule has 0 spiro atoms. The van der Waals surface area contributed by atoms with Crippen molar-refractivity contribution in [1.82, 2.24) is 14.0 Å². The van der Waals surface area contributed by atoms with Gasteiger partial charge in [0.2, 0.25) is 0 Å². The van der Waals surface area contributed by atoms with Crippen LogP contribution in [0.5, 0.6) is 0 Å². The molecule has 0 unspecified atom stereocenters. The highest BCUT2D eigenvalue weighted by molar-refractivity contribution is 5.98. The lowest BCUT2D eigenvalue weighted by Gasteiger charge is -2.12. The van der Waals surface area contributed by atoms with Crippen LogP contribution < -0.4 is 0 Å². The van der Waals surface area contributed by atoms with Gasteiger partial charge in [0, 0.05) is 34.5 Å². The fourth-order valence-corrected chi connectivity index (χ4v) is 4.04. The average Bonchev–Trinajstić information content (AvgIpc) is 3.36. The fourth-order valence-electron chi connectivity index (χ4n) is 4.04.